The third-order valence-corrected chi connectivity index (χ3v) is 3.13. The van der Waals surface area contributed by atoms with Gasteiger partial charge in [-0.15, -0.1) is 0 Å². The molecular formula is C12H16BN4. The van der Waals surface area contributed by atoms with Crippen molar-refractivity contribution in [3.05, 3.63) is 35.3 Å². The summed E-state index contributed by atoms with van der Waals surface area (Å²) in [5, 5.41) is 0. The first kappa shape index (κ1) is 10.8. The molecule has 1 aliphatic heterocycles. The lowest BCUT2D eigenvalue weighted by Crippen LogP contribution is -2.39. The Labute approximate surface area is 102 Å². The molecule has 3 rings (SSSR count). The average Bonchev–Trinajstić information content (AvgIpc) is 2.57. The Kier molecular flexibility index (Phi) is 2.45. The van der Waals surface area contributed by atoms with Crippen molar-refractivity contribution in [3.8, 4) is 0 Å². The SMILES string of the molecule is Cc1nc2cccc3n2c1CN([B]N(C)C)C3. The second-order valence-corrected chi connectivity index (χ2v) is 4.84. The van der Waals surface area contributed by atoms with E-state index in [1.54, 1.807) is 0 Å². The molecule has 0 saturated heterocycles. The van der Waals surface area contributed by atoms with E-state index in [1.807, 2.05) is 0 Å². The molecule has 0 spiro atoms. The van der Waals surface area contributed by atoms with Crippen molar-refractivity contribution in [3.63, 3.8) is 0 Å². The molecule has 0 fully saturated rings. The van der Waals surface area contributed by atoms with Crippen LogP contribution in [0.4, 0.5) is 0 Å². The molecule has 4 nitrogen and oxygen atoms in total. The summed E-state index contributed by atoms with van der Waals surface area (Å²) in [6, 6.07) is 6.33. The number of nitrogens with zero attached hydrogens (tertiary/aromatic N) is 4. The van der Waals surface area contributed by atoms with Crippen LogP contribution in [0, 0.1) is 6.92 Å². The van der Waals surface area contributed by atoms with Crippen LogP contribution >= 0.6 is 0 Å². The summed E-state index contributed by atoms with van der Waals surface area (Å²) in [5.41, 5.74) is 4.82. The van der Waals surface area contributed by atoms with Crippen molar-refractivity contribution in [1.29, 1.82) is 0 Å². The fraction of sp³-hybridized carbons (Fsp3) is 0.417. The van der Waals surface area contributed by atoms with Gasteiger partial charge in [0, 0.05) is 18.8 Å². The number of aryl methyl sites for hydroxylation is 1. The number of hydrogen-bond acceptors (Lipinski definition) is 3. The molecule has 3 heterocycles. The quantitative estimate of drug-likeness (QED) is 0.716. The summed E-state index contributed by atoms with van der Waals surface area (Å²) >= 11 is 0. The van der Waals surface area contributed by atoms with Crippen molar-refractivity contribution in [2.45, 2.75) is 20.0 Å². The number of aromatic nitrogens is 2. The van der Waals surface area contributed by atoms with Gasteiger partial charge in [-0.25, -0.2) is 4.98 Å². The minimum Gasteiger partial charge on any atom is -0.337 e. The summed E-state index contributed by atoms with van der Waals surface area (Å²) in [6.45, 7) is 3.96. The van der Waals surface area contributed by atoms with E-state index in [2.05, 4.69) is 65.8 Å². The van der Waals surface area contributed by atoms with Crippen LogP contribution in [0.5, 0.6) is 0 Å². The van der Waals surface area contributed by atoms with E-state index >= 15 is 0 Å². The molecule has 0 aromatic carbocycles. The van der Waals surface area contributed by atoms with E-state index in [0.29, 0.717) is 0 Å². The molecule has 0 N–H and O–H groups in total. The summed E-state index contributed by atoms with van der Waals surface area (Å²) in [4.78, 5) is 9.01. The molecule has 0 bridgehead atoms. The number of rotatable bonds is 2. The maximum atomic E-state index is 4.61. The van der Waals surface area contributed by atoms with Gasteiger partial charge in [0.05, 0.1) is 11.4 Å². The Morgan fingerprint density at radius 3 is 2.88 bits per heavy atom. The van der Waals surface area contributed by atoms with Gasteiger partial charge in [0.1, 0.15) is 5.65 Å². The topological polar surface area (TPSA) is 23.8 Å². The molecule has 2 aromatic rings. The van der Waals surface area contributed by atoms with Crippen LogP contribution in [0.15, 0.2) is 18.2 Å². The summed E-state index contributed by atoms with van der Waals surface area (Å²) in [7, 11) is 6.26. The number of hydrogen-bond donors (Lipinski definition) is 0. The van der Waals surface area contributed by atoms with Crippen molar-refractivity contribution >= 4 is 13.2 Å². The zero-order valence-electron chi connectivity index (χ0n) is 10.5. The van der Waals surface area contributed by atoms with Gasteiger partial charge in [0.25, 0.3) is 0 Å². The third kappa shape index (κ3) is 1.75. The zero-order chi connectivity index (χ0) is 12.0. The van der Waals surface area contributed by atoms with E-state index < -0.39 is 0 Å². The second-order valence-electron chi connectivity index (χ2n) is 4.84. The van der Waals surface area contributed by atoms with Crippen LogP contribution in [0.2, 0.25) is 0 Å². The maximum absolute atomic E-state index is 4.61. The van der Waals surface area contributed by atoms with Crippen LogP contribution in [-0.2, 0) is 13.1 Å². The van der Waals surface area contributed by atoms with Gasteiger partial charge in [-0.2, -0.15) is 0 Å². The molecule has 87 valence electrons. The number of imidazole rings is 1. The predicted octanol–water partition coefficient (Wildman–Crippen LogP) is 1.05. The minimum atomic E-state index is 0.933. The Hall–Kier alpha value is -1.33. The lowest BCUT2D eigenvalue weighted by atomic mass is 10.0. The highest BCUT2D eigenvalue weighted by Crippen LogP contribution is 2.22. The fourth-order valence-corrected chi connectivity index (χ4v) is 2.51. The van der Waals surface area contributed by atoms with Gasteiger partial charge in [-0.05, 0) is 33.2 Å². The maximum Gasteiger partial charge on any atom is 0.313 e. The molecule has 0 unspecified atom stereocenters. The molecule has 2 aromatic heterocycles. The highest BCUT2D eigenvalue weighted by molar-refractivity contribution is 6.28. The molecule has 1 aliphatic rings. The van der Waals surface area contributed by atoms with E-state index in [4.69, 9.17) is 0 Å². The van der Waals surface area contributed by atoms with Crippen molar-refractivity contribution < 1.29 is 0 Å². The lowest BCUT2D eigenvalue weighted by Gasteiger charge is -2.29. The van der Waals surface area contributed by atoms with Crippen molar-refractivity contribution in [2.24, 2.45) is 0 Å². The normalized spacial score (nSPS) is 15.8. The van der Waals surface area contributed by atoms with E-state index in [0.717, 1.165) is 24.4 Å². The summed E-state index contributed by atoms with van der Waals surface area (Å²) in [6.07, 6.45) is 0. The third-order valence-electron chi connectivity index (χ3n) is 3.13. The predicted molar refractivity (Wildman–Crippen MR) is 68.6 cm³/mol. The highest BCUT2D eigenvalue weighted by Gasteiger charge is 2.22. The van der Waals surface area contributed by atoms with Gasteiger partial charge < -0.3 is 9.62 Å². The molecule has 0 atom stereocenters. The van der Waals surface area contributed by atoms with Crippen LogP contribution in [0.25, 0.3) is 5.65 Å². The van der Waals surface area contributed by atoms with Crippen LogP contribution in [-0.4, -0.2) is 40.7 Å². The van der Waals surface area contributed by atoms with E-state index in [9.17, 15) is 0 Å². The average molecular weight is 227 g/mol. The molecule has 1 radical (unpaired) electrons. The fourth-order valence-electron chi connectivity index (χ4n) is 2.51. The second kappa shape index (κ2) is 3.86. The number of pyridine rings is 1. The monoisotopic (exact) mass is 227 g/mol. The van der Waals surface area contributed by atoms with Crippen molar-refractivity contribution in [1.82, 2.24) is 19.0 Å². The Morgan fingerprint density at radius 2 is 2.12 bits per heavy atom. The standard InChI is InChI=1S/C12H16BN4/c1-9-11-8-16(13-15(2)3)7-10-5-4-6-12(14-9)17(10)11/h4-6H,7-8H2,1-3H3. The Balaban J connectivity index is 2.06. The molecule has 5 heteroatoms. The summed E-state index contributed by atoms with van der Waals surface area (Å²) in [5.74, 6) is 0. The van der Waals surface area contributed by atoms with Gasteiger partial charge in [-0.3, -0.25) is 4.40 Å². The van der Waals surface area contributed by atoms with Gasteiger partial charge in [0.15, 0.2) is 0 Å². The molecule has 17 heavy (non-hydrogen) atoms. The van der Waals surface area contributed by atoms with Crippen molar-refractivity contribution in [2.75, 3.05) is 14.1 Å². The lowest BCUT2D eigenvalue weighted by molar-refractivity contribution is 0.364. The van der Waals surface area contributed by atoms with Gasteiger partial charge in [0.2, 0.25) is 0 Å². The first-order valence-corrected chi connectivity index (χ1v) is 5.86. The van der Waals surface area contributed by atoms with Crippen LogP contribution < -0.4 is 0 Å². The van der Waals surface area contributed by atoms with Crippen LogP contribution in [0.1, 0.15) is 17.1 Å². The van der Waals surface area contributed by atoms with Gasteiger partial charge in [-0.1, -0.05) is 6.07 Å². The first-order chi connectivity index (χ1) is 8.15. The molecule has 0 aliphatic carbocycles. The smallest absolute Gasteiger partial charge is 0.313 e. The first-order valence-electron chi connectivity index (χ1n) is 5.86. The van der Waals surface area contributed by atoms with E-state index in [1.165, 1.54) is 11.4 Å². The van der Waals surface area contributed by atoms with Crippen LogP contribution in [0.3, 0.4) is 0 Å². The van der Waals surface area contributed by atoms with E-state index in [-0.39, 0.29) is 0 Å². The Morgan fingerprint density at radius 1 is 1.29 bits per heavy atom. The molecular weight excluding hydrogens is 211 g/mol. The Bertz CT molecular complexity index is 561. The zero-order valence-corrected chi connectivity index (χ0v) is 10.5. The molecule has 0 saturated carbocycles. The largest absolute Gasteiger partial charge is 0.337 e. The molecule has 0 amide bonds. The summed E-state index contributed by atoms with van der Waals surface area (Å²) < 4.78 is 2.29. The minimum absolute atomic E-state index is 0.933. The van der Waals surface area contributed by atoms with Gasteiger partial charge >= 0.3 is 7.55 Å². The highest BCUT2D eigenvalue weighted by atomic mass is 15.2.